The van der Waals surface area contributed by atoms with Gasteiger partial charge in [-0.05, 0) is 48.2 Å². The number of carbonyl (C=O) groups excluding carboxylic acids is 2. The van der Waals surface area contributed by atoms with Crippen molar-refractivity contribution in [2.75, 3.05) is 0 Å². The Labute approximate surface area is 238 Å². The highest BCUT2D eigenvalue weighted by Crippen LogP contribution is 2.69. The van der Waals surface area contributed by atoms with Crippen LogP contribution in [0.5, 0.6) is 0 Å². The van der Waals surface area contributed by atoms with E-state index in [1.54, 1.807) is 10.9 Å². The summed E-state index contributed by atoms with van der Waals surface area (Å²) in [4.78, 5) is 31.6. The topological polar surface area (TPSA) is 106 Å². The molecule has 10 heteroatoms. The number of imidazole rings is 1. The number of aromatic nitrogens is 4. The molecule has 5 aromatic rings. The van der Waals surface area contributed by atoms with Crippen LogP contribution in [0.25, 0.3) is 16.8 Å². The molecule has 1 aliphatic carbocycles. The number of aryl methyl sites for hydroxylation is 2. The van der Waals surface area contributed by atoms with E-state index in [1.807, 2.05) is 91.7 Å². The van der Waals surface area contributed by atoms with Gasteiger partial charge in [0.2, 0.25) is 0 Å². The summed E-state index contributed by atoms with van der Waals surface area (Å²) in [5, 5.41) is 7.09. The zero-order chi connectivity index (χ0) is 28.2. The van der Waals surface area contributed by atoms with Gasteiger partial charge in [-0.3, -0.25) is 9.40 Å². The summed E-state index contributed by atoms with van der Waals surface area (Å²) >= 11 is 0. The molecule has 1 aliphatic heterocycles. The molecule has 2 aliphatic rings. The second-order valence-corrected chi connectivity index (χ2v) is 12.7. The molecule has 3 heterocycles. The molecule has 1 saturated carbocycles. The summed E-state index contributed by atoms with van der Waals surface area (Å²) < 4.78 is 12.2. The molecular formula is C31H28N6O3S. The van der Waals surface area contributed by atoms with E-state index in [1.165, 1.54) is 0 Å². The number of nitrogens with one attached hydrogen (secondary N) is 2. The number of nitrogens with zero attached hydrogens (tertiary/aromatic N) is 4. The Bertz CT molecular complexity index is 1780. The van der Waals surface area contributed by atoms with E-state index < -0.39 is 27.4 Å². The lowest BCUT2D eigenvalue weighted by Crippen LogP contribution is -2.43. The number of rotatable bonds is 7. The predicted octanol–water partition coefficient (Wildman–Crippen LogP) is 6.11. The maximum absolute atomic E-state index is 13.6. The molecule has 0 radical (unpaired) electrons. The maximum Gasteiger partial charge on any atom is 0.418 e. The van der Waals surface area contributed by atoms with Gasteiger partial charge in [-0.2, -0.15) is 5.10 Å². The first kappa shape index (κ1) is 25.2. The van der Waals surface area contributed by atoms with Gasteiger partial charge < -0.3 is 14.1 Å². The Morgan fingerprint density at radius 1 is 1.02 bits per heavy atom. The van der Waals surface area contributed by atoms with E-state index >= 15 is 0 Å². The zero-order valence-corrected chi connectivity index (χ0v) is 23.3. The summed E-state index contributed by atoms with van der Waals surface area (Å²) in [7, 11) is -0.646. The number of amides is 2. The van der Waals surface area contributed by atoms with Gasteiger partial charge in [0, 0.05) is 42.8 Å². The minimum Gasteiger partial charge on any atom is -0.370 e. The molecule has 9 nitrogen and oxygen atoms in total. The number of hydrogen-bond donors (Lipinski definition) is 2. The average Bonchev–Trinajstić information content (AvgIpc) is 3.65. The molecule has 2 N–H and O–H groups in total. The third-order valence-electron chi connectivity index (χ3n) is 7.76. The first-order valence-electron chi connectivity index (χ1n) is 13.3. The van der Waals surface area contributed by atoms with E-state index in [0.717, 1.165) is 33.8 Å². The standard InChI is InChI=1S/C31H28N6O3S/c1-21-8-6-7-11-27(21)41(30(39)40-41)35-29(38)34-31(18-26(31)23-9-4-3-5-10-23)28-32-16-17-37(28)25-14-12-22(13-15-25)24-19-33-36(2)20-24/h3-17,19-20,26H,18H2,1-2H3,(H2,34,35,38)/t26-,31?/m1/s1. The molecule has 3 aromatic carbocycles. The molecule has 0 spiro atoms. The molecule has 1 saturated heterocycles. The smallest absolute Gasteiger partial charge is 0.370 e. The van der Waals surface area contributed by atoms with Crippen molar-refractivity contribution < 1.29 is 13.8 Å². The largest absolute Gasteiger partial charge is 0.418 e. The van der Waals surface area contributed by atoms with Gasteiger partial charge in [0.05, 0.1) is 11.1 Å². The van der Waals surface area contributed by atoms with Gasteiger partial charge in [0.25, 0.3) is 0 Å². The molecule has 0 bridgehead atoms. The van der Waals surface area contributed by atoms with Crippen LogP contribution in [0.3, 0.4) is 0 Å². The fourth-order valence-electron chi connectivity index (χ4n) is 5.59. The molecule has 41 heavy (non-hydrogen) atoms. The summed E-state index contributed by atoms with van der Waals surface area (Å²) in [5.41, 5.74) is 4.24. The van der Waals surface area contributed by atoms with Crippen molar-refractivity contribution in [2.24, 2.45) is 7.05 Å². The predicted molar refractivity (Wildman–Crippen MR) is 156 cm³/mol. The van der Waals surface area contributed by atoms with Crippen LogP contribution in [-0.4, -0.2) is 30.7 Å². The Kier molecular flexibility index (Phi) is 5.75. The highest BCUT2D eigenvalue weighted by atomic mass is 32.3. The maximum atomic E-state index is 13.6. The van der Waals surface area contributed by atoms with Gasteiger partial charge in [0.15, 0.2) is 0 Å². The fraction of sp³-hybridized carbons (Fsp3) is 0.161. The van der Waals surface area contributed by atoms with Crippen molar-refractivity contribution in [3.8, 4) is 16.8 Å². The Hall–Kier alpha value is -4.83. The average molecular weight is 565 g/mol. The van der Waals surface area contributed by atoms with E-state index in [0.29, 0.717) is 11.3 Å². The molecular weight excluding hydrogens is 536 g/mol. The van der Waals surface area contributed by atoms with Crippen molar-refractivity contribution in [2.45, 2.75) is 29.7 Å². The summed E-state index contributed by atoms with van der Waals surface area (Å²) in [6.07, 6.45) is 8.13. The highest BCUT2D eigenvalue weighted by Gasteiger charge is 2.62. The molecule has 3 atom stereocenters. The van der Waals surface area contributed by atoms with Crippen LogP contribution < -0.4 is 10.0 Å². The molecule has 2 unspecified atom stereocenters. The summed E-state index contributed by atoms with van der Waals surface area (Å²) in [5.74, 6) is 0.726. The number of benzene rings is 3. The van der Waals surface area contributed by atoms with Crippen molar-refractivity contribution in [1.82, 2.24) is 29.4 Å². The van der Waals surface area contributed by atoms with Gasteiger partial charge in [-0.15, -0.1) is 0 Å². The van der Waals surface area contributed by atoms with Crippen LogP contribution in [0.2, 0.25) is 0 Å². The van der Waals surface area contributed by atoms with E-state index in [2.05, 4.69) is 39.4 Å². The van der Waals surface area contributed by atoms with Crippen LogP contribution in [0.15, 0.2) is 109 Å². The van der Waals surface area contributed by atoms with Crippen LogP contribution in [0.4, 0.5) is 9.59 Å². The summed E-state index contributed by atoms with van der Waals surface area (Å²) in [6.45, 7) is 1.91. The normalized spacial score (nSPS) is 24.1. The minimum atomic E-state index is -2.54. The van der Waals surface area contributed by atoms with Crippen molar-refractivity contribution >= 4 is 21.8 Å². The molecule has 7 rings (SSSR count). The van der Waals surface area contributed by atoms with Gasteiger partial charge >= 0.3 is 11.3 Å². The van der Waals surface area contributed by atoms with Gasteiger partial charge in [-0.1, -0.05) is 60.7 Å². The fourth-order valence-corrected chi connectivity index (χ4v) is 7.58. The Balaban J connectivity index is 1.21. The lowest BCUT2D eigenvalue weighted by atomic mass is 10.0. The minimum absolute atomic E-state index is 0.00509. The Morgan fingerprint density at radius 3 is 2.44 bits per heavy atom. The van der Waals surface area contributed by atoms with E-state index in [4.69, 9.17) is 9.17 Å². The first-order chi connectivity index (χ1) is 19.9. The zero-order valence-electron chi connectivity index (χ0n) is 22.5. The van der Waals surface area contributed by atoms with Crippen molar-refractivity contribution in [3.05, 3.63) is 121 Å². The van der Waals surface area contributed by atoms with Crippen LogP contribution >= 0.6 is 10.5 Å². The second-order valence-electron chi connectivity index (χ2n) is 10.4. The molecule has 2 fully saturated rings. The van der Waals surface area contributed by atoms with Crippen molar-refractivity contribution in [3.63, 3.8) is 0 Å². The number of hydrogen-bond acceptors (Lipinski definition) is 5. The van der Waals surface area contributed by atoms with E-state index in [9.17, 15) is 9.59 Å². The monoisotopic (exact) mass is 564 g/mol. The summed E-state index contributed by atoms with van der Waals surface area (Å²) in [6, 6.07) is 25.3. The SMILES string of the molecule is Cc1ccccc1S1(NC(=O)NC2(c3nccn3-c3ccc(-c4cnn(C)c4)cc3)C[C@@H]2c2ccccc2)OC1=O. The Morgan fingerprint density at radius 2 is 1.76 bits per heavy atom. The quantitative estimate of drug-likeness (QED) is 0.232. The highest BCUT2D eigenvalue weighted by molar-refractivity contribution is 8.47. The van der Waals surface area contributed by atoms with Crippen LogP contribution in [0, 0.1) is 6.92 Å². The molecule has 2 amide bonds. The van der Waals surface area contributed by atoms with E-state index in [-0.39, 0.29) is 5.92 Å². The third-order valence-corrected chi connectivity index (χ3v) is 10.1. The van der Waals surface area contributed by atoms with Gasteiger partial charge in [0.1, 0.15) is 21.9 Å². The van der Waals surface area contributed by atoms with Crippen LogP contribution in [-0.2, 0) is 16.8 Å². The first-order valence-corrected chi connectivity index (χ1v) is 14.9. The number of urea groups is 1. The number of carbonyl (C=O) groups is 2. The lowest BCUT2D eigenvalue weighted by Gasteiger charge is -2.23. The molecule has 2 aromatic heterocycles. The van der Waals surface area contributed by atoms with Crippen molar-refractivity contribution in [1.29, 1.82) is 0 Å². The lowest BCUT2D eigenvalue weighted by molar-refractivity contribution is 0.240. The third kappa shape index (κ3) is 4.27. The van der Waals surface area contributed by atoms with Crippen LogP contribution in [0.1, 0.15) is 29.3 Å². The second kappa shape index (κ2) is 9.38. The molecule has 206 valence electrons. The van der Waals surface area contributed by atoms with Gasteiger partial charge in [-0.25, -0.2) is 14.6 Å².